The van der Waals surface area contributed by atoms with E-state index in [4.69, 9.17) is 4.74 Å². The number of hydrogen-bond donors (Lipinski definition) is 5. The standard InChI is InChI=1S/C43H54N10O7/c1-26(2)37(49-42(57)58)41(56)53-18-6-8-35(53)39-45-25-33(47-39)30-15-11-28(12-16-30)27-9-13-29(14-10-27)32-24-44-38(46-32)34-7-5-17-52(34)40(55)31(48-43(59)60-4)23-36(54)51-21-19-50(3)20-22-51/h9-16,24-26,31,34-35,37,49H,5-8,17-23H2,1-4H3,(H,44,46)(H,45,47)(H,48,59)(H,57,58)/t31-,34-,35-,37-/m0/s1. The second-order valence-electron chi connectivity index (χ2n) is 16.1. The minimum absolute atomic E-state index is 0.151. The summed E-state index contributed by atoms with van der Waals surface area (Å²) in [5.41, 5.74) is 5.54. The van der Waals surface area contributed by atoms with Crippen LogP contribution in [0.1, 0.15) is 69.7 Å². The van der Waals surface area contributed by atoms with Gasteiger partial charge in [-0.3, -0.25) is 14.4 Å². The third-order valence-corrected chi connectivity index (χ3v) is 11.8. The number of hydrogen-bond acceptors (Lipinski definition) is 9. The highest BCUT2D eigenvalue weighted by molar-refractivity contribution is 5.91. The molecule has 17 heteroatoms. The van der Waals surface area contributed by atoms with E-state index in [0.717, 1.165) is 66.0 Å². The largest absolute Gasteiger partial charge is 0.465 e. The molecule has 3 saturated heterocycles. The minimum Gasteiger partial charge on any atom is -0.465 e. The number of alkyl carbamates (subject to hydrolysis) is 1. The zero-order valence-corrected chi connectivity index (χ0v) is 34.5. The summed E-state index contributed by atoms with van der Waals surface area (Å²) >= 11 is 0. The van der Waals surface area contributed by atoms with E-state index in [1.807, 2.05) is 69.4 Å². The smallest absolute Gasteiger partial charge is 0.407 e. The van der Waals surface area contributed by atoms with Crippen LogP contribution >= 0.6 is 0 Å². The summed E-state index contributed by atoms with van der Waals surface area (Å²) in [5, 5.41) is 14.3. The third-order valence-electron chi connectivity index (χ3n) is 11.8. The number of likely N-dealkylation sites (tertiary alicyclic amines) is 2. The summed E-state index contributed by atoms with van der Waals surface area (Å²) in [6.45, 7) is 7.31. The number of amides is 5. The first-order valence-electron chi connectivity index (χ1n) is 20.6. The highest BCUT2D eigenvalue weighted by Gasteiger charge is 2.39. The van der Waals surface area contributed by atoms with Crippen LogP contribution in [0.4, 0.5) is 9.59 Å². The number of methoxy groups -OCH3 is 1. The van der Waals surface area contributed by atoms with Crippen molar-refractivity contribution in [2.45, 2.75) is 70.1 Å². The Morgan fingerprint density at radius 3 is 1.68 bits per heavy atom. The van der Waals surface area contributed by atoms with E-state index in [-0.39, 0.29) is 42.1 Å². The van der Waals surface area contributed by atoms with Crippen molar-refractivity contribution in [3.63, 3.8) is 0 Å². The molecule has 0 bridgehead atoms. The number of piperazine rings is 1. The van der Waals surface area contributed by atoms with Gasteiger partial charge in [0.2, 0.25) is 17.7 Å². The Kier molecular flexibility index (Phi) is 12.8. The van der Waals surface area contributed by atoms with E-state index < -0.39 is 24.3 Å². The summed E-state index contributed by atoms with van der Waals surface area (Å²) in [4.78, 5) is 87.7. The summed E-state index contributed by atoms with van der Waals surface area (Å²) in [6, 6.07) is 13.8. The molecule has 318 valence electrons. The van der Waals surface area contributed by atoms with Crippen LogP contribution in [0.3, 0.4) is 0 Å². The molecule has 60 heavy (non-hydrogen) atoms. The SMILES string of the molecule is COC(=O)N[C@@H](CC(=O)N1CCN(C)CC1)C(=O)N1CCC[C@H]1c1ncc(-c2ccc(-c3ccc(-c4cnc([C@@H]5CCCN5C(=O)[C@@H](NC(=O)O)C(C)C)[nH]4)cc3)cc2)[nH]1. The Morgan fingerprint density at radius 1 is 0.733 bits per heavy atom. The number of H-pyrrole nitrogens is 2. The molecule has 2 aromatic carbocycles. The molecule has 3 aliphatic heterocycles. The first-order valence-corrected chi connectivity index (χ1v) is 20.6. The molecule has 0 spiro atoms. The fourth-order valence-electron chi connectivity index (χ4n) is 8.41. The molecule has 4 aromatic rings. The van der Waals surface area contributed by atoms with Crippen LogP contribution in [0.15, 0.2) is 60.9 Å². The van der Waals surface area contributed by atoms with E-state index in [1.165, 1.54) is 7.11 Å². The number of benzene rings is 2. The molecule has 3 fully saturated rings. The molecule has 0 radical (unpaired) electrons. The molecule has 4 atom stereocenters. The number of imidazole rings is 2. The normalized spacial score (nSPS) is 19.3. The Hall–Kier alpha value is -6.23. The van der Waals surface area contributed by atoms with E-state index >= 15 is 0 Å². The van der Waals surface area contributed by atoms with Gasteiger partial charge in [-0.15, -0.1) is 0 Å². The number of carboxylic acid groups (broad SMARTS) is 1. The summed E-state index contributed by atoms with van der Waals surface area (Å²) < 4.78 is 4.80. The maximum Gasteiger partial charge on any atom is 0.407 e. The molecule has 17 nitrogen and oxygen atoms in total. The molecule has 0 aliphatic carbocycles. The molecule has 3 aliphatic rings. The number of carbonyl (C=O) groups excluding carboxylic acids is 4. The third kappa shape index (κ3) is 9.30. The van der Waals surface area contributed by atoms with Gasteiger partial charge in [0.25, 0.3) is 0 Å². The lowest BCUT2D eigenvalue weighted by Gasteiger charge is -2.34. The van der Waals surface area contributed by atoms with Crippen molar-refractivity contribution in [1.29, 1.82) is 0 Å². The second-order valence-corrected chi connectivity index (χ2v) is 16.1. The van der Waals surface area contributed by atoms with Crippen LogP contribution < -0.4 is 10.6 Å². The van der Waals surface area contributed by atoms with E-state index in [1.54, 1.807) is 27.1 Å². The van der Waals surface area contributed by atoms with Gasteiger partial charge in [0.15, 0.2) is 0 Å². The second kappa shape index (κ2) is 18.4. The van der Waals surface area contributed by atoms with Gasteiger partial charge >= 0.3 is 12.2 Å². The maximum atomic E-state index is 14.0. The number of rotatable bonds is 12. The van der Waals surface area contributed by atoms with Crippen LogP contribution in [0, 0.1) is 5.92 Å². The van der Waals surface area contributed by atoms with Crippen LogP contribution in [0.2, 0.25) is 0 Å². The Bertz CT molecular complexity index is 2160. The molecule has 5 amide bonds. The average molecular weight is 823 g/mol. The number of carbonyl (C=O) groups is 5. The Balaban J connectivity index is 0.990. The quantitative estimate of drug-likeness (QED) is 0.134. The first kappa shape index (κ1) is 41.9. The zero-order valence-electron chi connectivity index (χ0n) is 34.5. The molecular weight excluding hydrogens is 769 g/mol. The van der Waals surface area contributed by atoms with Crippen molar-refractivity contribution in [2.24, 2.45) is 5.92 Å². The van der Waals surface area contributed by atoms with Crippen LogP contribution in [-0.4, -0.2) is 140 Å². The topological polar surface area (TPSA) is 209 Å². The van der Waals surface area contributed by atoms with Gasteiger partial charge in [0.1, 0.15) is 23.7 Å². The predicted molar refractivity (Wildman–Crippen MR) is 222 cm³/mol. The maximum absolute atomic E-state index is 14.0. The number of nitrogens with one attached hydrogen (secondary N) is 4. The lowest BCUT2D eigenvalue weighted by atomic mass is 10.0. The number of aromatic amines is 2. The fourth-order valence-corrected chi connectivity index (χ4v) is 8.41. The van der Waals surface area contributed by atoms with Gasteiger partial charge in [0, 0.05) is 39.3 Å². The highest BCUT2D eigenvalue weighted by atomic mass is 16.5. The minimum atomic E-state index is -1.22. The molecule has 7 rings (SSSR count). The summed E-state index contributed by atoms with van der Waals surface area (Å²) in [6.07, 6.45) is 4.38. The number of nitrogens with zero attached hydrogens (tertiary/aromatic N) is 6. The monoisotopic (exact) mass is 822 g/mol. The van der Waals surface area contributed by atoms with Crippen LogP contribution in [0.5, 0.6) is 0 Å². The van der Waals surface area contributed by atoms with Crippen LogP contribution in [0.25, 0.3) is 33.6 Å². The summed E-state index contributed by atoms with van der Waals surface area (Å²) in [7, 11) is 3.24. The zero-order chi connectivity index (χ0) is 42.5. The number of likely N-dealkylation sites (N-methyl/N-ethyl adjacent to an activating group) is 1. The van der Waals surface area contributed by atoms with Gasteiger partial charge in [0.05, 0.1) is 49.4 Å². The Labute approximate surface area is 348 Å². The van der Waals surface area contributed by atoms with E-state index in [9.17, 15) is 29.1 Å². The molecule has 5 N–H and O–H groups in total. The van der Waals surface area contributed by atoms with Crippen molar-refractivity contribution in [3.05, 3.63) is 72.6 Å². The van der Waals surface area contributed by atoms with Gasteiger partial charge in [-0.1, -0.05) is 62.4 Å². The van der Waals surface area contributed by atoms with Gasteiger partial charge in [-0.25, -0.2) is 19.6 Å². The van der Waals surface area contributed by atoms with Gasteiger partial charge < -0.3 is 50.0 Å². The lowest BCUT2D eigenvalue weighted by molar-refractivity contribution is -0.140. The van der Waals surface area contributed by atoms with Gasteiger partial charge in [-0.2, -0.15) is 0 Å². The average Bonchev–Trinajstić information content (AvgIpc) is 4.09. The predicted octanol–water partition coefficient (Wildman–Crippen LogP) is 4.64. The van der Waals surface area contributed by atoms with Crippen molar-refractivity contribution in [3.8, 4) is 33.6 Å². The van der Waals surface area contributed by atoms with Crippen molar-refractivity contribution < 1.29 is 33.8 Å². The van der Waals surface area contributed by atoms with Crippen LogP contribution in [-0.2, 0) is 19.1 Å². The number of aromatic nitrogens is 4. The molecule has 2 aromatic heterocycles. The van der Waals surface area contributed by atoms with E-state index in [0.29, 0.717) is 44.2 Å². The molecule has 0 unspecified atom stereocenters. The Morgan fingerprint density at radius 2 is 1.22 bits per heavy atom. The molecule has 5 heterocycles. The van der Waals surface area contributed by atoms with Crippen molar-refractivity contribution in [1.82, 2.24) is 50.2 Å². The molecule has 0 saturated carbocycles. The van der Waals surface area contributed by atoms with Gasteiger partial charge in [-0.05, 0) is 60.9 Å². The lowest BCUT2D eigenvalue weighted by Crippen LogP contribution is -2.53. The van der Waals surface area contributed by atoms with Crippen molar-refractivity contribution in [2.75, 3.05) is 53.4 Å². The number of ether oxygens (including phenoxy) is 1. The van der Waals surface area contributed by atoms with Crippen molar-refractivity contribution >= 4 is 29.9 Å². The first-order chi connectivity index (χ1) is 28.9. The van der Waals surface area contributed by atoms with E-state index in [2.05, 4.69) is 35.5 Å². The highest BCUT2D eigenvalue weighted by Crippen LogP contribution is 2.35. The molecular formula is C43H54N10O7. The fraction of sp³-hybridized carbons (Fsp3) is 0.465. The summed E-state index contributed by atoms with van der Waals surface area (Å²) in [5.74, 6) is 0.356.